The number of hydrogen-bond donors (Lipinski definition) is 0. The summed E-state index contributed by atoms with van der Waals surface area (Å²) in [5.74, 6) is 1.34. The first-order valence-corrected chi connectivity index (χ1v) is 7.34. The van der Waals surface area contributed by atoms with Gasteiger partial charge in [0.15, 0.2) is 5.78 Å². The molecular weight excluding hydrogens is 228 g/mol. The lowest BCUT2D eigenvalue weighted by molar-refractivity contribution is 0.0994. The third kappa shape index (κ3) is 4.19. The molecule has 0 N–H and O–H groups in total. The third-order valence-electron chi connectivity index (χ3n) is 3.03. The van der Waals surface area contributed by atoms with E-state index in [2.05, 4.69) is 20.8 Å². The average molecular weight is 250 g/mol. The highest BCUT2D eigenvalue weighted by Crippen LogP contribution is 2.19. The molecule has 0 bridgehead atoms. The first-order chi connectivity index (χ1) is 8.06. The minimum Gasteiger partial charge on any atom is -0.293 e. The molecule has 0 radical (unpaired) electrons. The van der Waals surface area contributed by atoms with Gasteiger partial charge in [-0.25, -0.2) is 0 Å². The van der Waals surface area contributed by atoms with Crippen molar-refractivity contribution < 1.29 is 4.79 Å². The Balaban J connectivity index is 2.65. The van der Waals surface area contributed by atoms with Gasteiger partial charge in [-0.3, -0.25) is 4.79 Å². The Hall–Kier alpha value is -0.760. The summed E-state index contributed by atoms with van der Waals surface area (Å²) >= 11 is 1.76. The Bertz CT molecular complexity index is 385. The van der Waals surface area contributed by atoms with Crippen molar-refractivity contribution in [2.45, 2.75) is 45.8 Å². The lowest BCUT2D eigenvalue weighted by Gasteiger charge is -2.11. The van der Waals surface area contributed by atoms with E-state index in [1.165, 1.54) is 24.0 Å². The smallest absolute Gasteiger partial charge is 0.175 e. The van der Waals surface area contributed by atoms with Gasteiger partial charge in [0, 0.05) is 5.56 Å². The molecular formula is C15H22OS. The van der Waals surface area contributed by atoms with Crippen LogP contribution in [0, 0.1) is 13.8 Å². The average Bonchev–Trinajstić information content (AvgIpc) is 2.32. The fourth-order valence-electron chi connectivity index (χ4n) is 1.61. The summed E-state index contributed by atoms with van der Waals surface area (Å²) < 4.78 is 0. The summed E-state index contributed by atoms with van der Waals surface area (Å²) in [4.78, 5) is 12.2. The maximum Gasteiger partial charge on any atom is 0.175 e. The zero-order valence-electron chi connectivity index (χ0n) is 11.2. The number of ketones is 1. The number of rotatable bonds is 6. The molecule has 0 heterocycles. The van der Waals surface area contributed by atoms with Gasteiger partial charge in [0.05, 0.1) is 5.25 Å². The summed E-state index contributed by atoms with van der Waals surface area (Å²) in [6, 6.07) is 5.99. The first kappa shape index (κ1) is 14.3. The van der Waals surface area contributed by atoms with Crippen molar-refractivity contribution in [3.8, 4) is 0 Å². The van der Waals surface area contributed by atoms with Crippen molar-refractivity contribution in [1.82, 2.24) is 0 Å². The van der Waals surface area contributed by atoms with Crippen molar-refractivity contribution >= 4 is 17.5 Å². The molecule has 0 saturated heterocycles. The van der Waals surface area contributed by atoms with Crippen LogP contribution in [0.25, 0.3) is 0 Å². The molecule has 17 heavy (non-hydrogen) atoms. The summed E-state index contributed by atoms with van der Waals surface area (Å²) in [6.45, 7) is 8.32. The van der Waals surface area contributed by atoms with Crippen LogP contribution in [0.2, 0.25) is 0 Å². The van der Waals surface area contributed by atoms with Gasteiger partial charge in [0.25, 0.3) is 0 Å². The highest BCUT2D eigenvalue weighted by Gasteiger charge is 2.15. The molecule has 1 aromatic rings. The van der Waals surface area contributed by atoms with E-state index < -0.39 is 0 Å². The predicted octanol–water partition coefficient (Wildman–Crippen LogP) is 4.41. The van der Waals surface area contributed by atoms with Crippen LogP contribution >= 0.6 is 11.8 Å². The quantitative estimate of drug-likeness (QED) is 0.549. The SMILES string of the molecule is CCCCSC(C)C(=O)c1ccc(C)c(C)c1. The fraction of sp³-hybridized carbons (Fsp3) is 0.533. The van der Waals surface area contributed by atoms with Gasteiger partial charge in [-0.15, -0.1) is 0 Å². The monoisotopic (exact) mass is 250 g/mol. The van der Waals surface area contributed by atoms with Gasteiger partial charge in [-0.2, -0.15) is 11.8 Å². The lowest BCUT2D eigenvalue weighted by Crippen LogP contribution is -2.14. The number of carbonyl (C=O) groups is 1. The molecule has 0 aliphatic carbocycles. The molecule has 1 aromatic carbocycles. The molecule has 0 aromatic heterocycles. The molecule has 2 heteroatoms. The van der Waals surface area contributed by atoms with Crippen molar-refractivity contribution in [1.29, 1.82) is 0 Å². The first-order valence-electron chi connectivity index (χ1n) is 6.29. The van der Waals surface area contributed by atoms with Crippen molar-refractivity contribution in [3.63, 3.8) is 0 Å². The van der Waals surface area contributed by atoms with Gasteiger partial charge in [-0.05, 0) is 50.1 Å². The Labute approximate surface area is 109 Å². The summed E-state index contributed by atoms with van der Waals surface area (Å²) in [5, 5.41) is 0.0728. The van der Waals surface area contributed by atoms with E-state index in [4.69, 9.17) is 0 Å². The zero-order chi connectivity index (χ0) is 12.8. The van der Waals surface area contributed by atoms with Gasteiger partial charge < -0.3 is 0 Å². The summed E-state index contributed by atoms with van der Waals surface area (Å²) in [6.07, 6.45) is 2.38. The largest absolute Gasteiger partial charge is 0.293 e. The molecule has 1 nitrogen and oxygen atoms in total. The second kappa shape index (κ2) is 6.85. The highest BCUT2D eigenvalue weighted by atomic mass is 32.2. The van der Waals surface area contributed by atoms with Crippen LogP contribution in [-0.2, 0) is 0 Å². The number of hydrogen-bond acceptors (Lipinski definition) is 2. The van der Waals surface area contributed by atoms with Gasteiger partial charge in [0.2, 0.25) is 0 Å². The minimum atomic E-state index is 0.0728. The Morgan fingerprint density at radius 1 is 1.29 bits per heavy atom. The van der Waals surface area contributed by atoms with Crippen LogP contribution in [0.4, 0.5) is 0 Å². The highest BCUT2D eigenvalue weighted by molar-refractivity contribution is 8.00. The number of unbranched alkanes of at least 4 members (excludes halogenated alkanes) is 1. The fourth-order valence-corrected chi connectivity index (χ4v) is 2.71. The van der Waals surface area contributed by atoms with E-state index in [0.717, 1.165) is 11.3 Å². The number of thioether (sulfide) groups is 1. The molecule has 1 atom stereocenters. The van der Waals surface area contributed by atoms with E-state index in [0.29, 0.717) is 0 Å². The maximum atomic E-state index is 12.2. The van der Waals surface area contributed by atoms with E-state index in [1.54, 1.807) is 11.8 Å². The van der Waals surface area contributed by atoms with Crippen molar-refractivity contribution in [3.05, 3.63) is 34.9 Å². The molecule has 0 fully saturated rings. The molecule has 1 rings (SSSR count). The third-order valence-corrected chi connectivity index (χ3v) is 4.26. The van der Waals surface area contributed by atoms with Crippen molar-refractivity contribution in [2.24, 2.45) is 0 Å². The number of Topliss-reactive ketones (excluding diaryl/α,β-unsaturated/α-hetero) is 1. The van der Waals surface area contributed by atoms with E-state index in [-0.39, 0.29) is 11.0 Å². The standard InChI is InChI=1S/C15H22OS/c1-5-6-9-17-13(4)15(16)14-8-7-11(2)12(3)10-14/h7-8,10,13H,5-6,9H2,1-4H3. The van der Waals surface area contributed by atoms with E-state index >= 15 is 0 Å². The maximum absolute atomic E-state index is 12.2. The second-order valence-corrected chi connectivity index (χ2v) is 5.98. The van der Waals surface area contributed by atoms with E-state index in [9.17, 15) is 4.79 Å². The molecule has 94 valence electrons. The molecule has 0 saturated carbocycles. The normalized spacial score (nSPS) is 12.5. The Morgan fingerprint density at radius 3 is 2.59 bits per heavy atom. The van der Waals surface area contributed by atoms with Gasteiger partial charge in [-0.1, -0.05) is 25.5 Å². The van der Waals surface area contributed by atoms with Gasteiger partial charge in [0.1, 0.15) is 0 Å². The molecule has 0 amide bonds. The van der Waals surface area contributed by atoms with Crippen LogP contribution in [0.3, 0.4) is 0 Å². The lowest BCUT2D eigenvalue weighted by atomic mass is 10.0. The number of carbonyl (C=O) groups excluding carboxylic acids is 1. The molecule has 0 aliphatic heterocycles. The number of benzene rings is 1. The van der Waals surface area contributed by atoms with Gasteiger partial charge >= 0.3 is 0 Å². The van der Waals surface area contributed by atoms with Crippen LogP contribution in [0.15, 0.2) is 18.2 Å². The predicted molar refractivity (Wildman–Crippen MR) is 77.1 cm³/mol. The topological polar surface area (TPSA) is 17.1 Å². The van der Waals surface area contributed by atoms with Crippen LogP contribution < -0.4 is 0 Å². The molecule has 0 spiro atoms. The van der Waals surface area contributed by atoms with Crippen LogP contribution in [-0.4, -0.2) is 16.8 Å². The zero-order valence-corrected chi connectivity index (χ0v) is 12.1. The number of aryl methyl sites for hydroxylation is 2. The second-order valence-electron chi connectivity index (χ2n) is 4.53. The molecule has 1 unspecified atom stereocenters. The van der Waals surface area contributed by atoms with E-state index in [1.807, 2.05) is 25.1 Å². The summed E-state index contributed by atoms with van der Waals surface area (Å²) in [5.41, 5.74) is 3.29. The molecule has 0 aliphatic rings. The Kier molecular flexibility index (Phi) is 5.76. The van der Waals surface area contributed by atoms with Crippen molar-refractivity contribution in [2.75, 3.05) is 5.75 Å². The minimum absolute atomic E-state index is 0.0728. The Morgan fingerprint density at radius 2 is 2.00 bits per heavy atom. The summed E-state index contributed by atoms with van der Waals surface area (Å²) in [7, 11) is 0. The van der Waals surface area contributed by atoms with Crippen LogP contribution in [0.5, 0.6) is 0 Å². The van der Waals surface area contributed by atoms with Crippen LogP contribution in [0.1, 0.15) is 48.2 Å².